The Balaban J connectivity index is 4.39. The van der Waals surface area contributed by atoms with Crippen LogP contribution in [0, 0.1) is 11.8 Å². The van der Waals surface area contributed by atoms with Gasteiger partial charge in [0.15, 0.2) is 0 Å². The molecule has 0 saturated carbocycles. The van der Waals surface area contributed by atoms with Crippen molar-refractivity contribution in [1.82, 2.24) is 5.32 Å². The smallest absolute Gasteiger partial charge is 0.331 e. The van der Waals surface area contributed by atoms with E-state index in [0.29, 0.717) is 18.4 Å². The van der Waals surface area contributed by atoms with E-state index in [1.807, 2.05) is 6.92 Å². The molecule has 0 fully saturated rings. The van der Waals surface area contributed by atoms with E-state index in [0.717, 1.165) is 0 Å². The molecule has 1 atom stereocenters. The predicted molar refractivity (Wildman–Crippen MR) is 63.0 cm³/mol. The van der Waals surface area contributed by atoms with Crippen LogP contribution in [0.5, 0.6) is 0 Å². The highest BCUT2D eigenvalue weighted by molar-refractivity contribution is 6.01. The van der Waals surface area contributed by atoms with Crippen molar-refractivity contribution in [3.8, 4) is 0 Å². The molecular formula is C12H21NO3. The highest BCUT2D eigenvalue weighted by Crippen LogP contribution is 2.09. The van der Waals surface area contributed by atoms with Crippen molar-refractivity contribution in [1.29, 1.82) is 0 Å². The third kappa shape index (κ3) is 4.47. The second kappa shape index (κ2) is 6.30. The molecule has 2 N–H and O–H groups in total. The first-order valence-corrected chi connectivity index (χ1v) is 5.46. The Bertz CT molecular complexity index is 305. The number of carbonyl (C=O) groups is 2. The van der Waals surface area contributed by atoms with E-state index < -0.39 is 5.97 Å². The molecule has 0 aliphatic rings. The maximum atomic E-state index is 11.6. The predicted octanol–water partition coefficient (Wildman–Crippen LogP) is 1.82. The molecule has 0 aliphatic carbocycles. The summed E-state index contributed by atoms with van der Waals surface area (Å²) in [4.78, 5) is 22.2. The Hall–Kier alpha value is -1.32. The summed E-state index contributed by atoms with van der Waals surface area (Å²) < 4.78 is 0. The third-order valence-corrected chi connectivity index (χ3v) is 2.95. The molecule has 92 valence electrons. The molecule has 0 radical (unpaired) electrons. The Morgan fingerprint density at radius 2 is 1.62 bits per heavy atom. The fourth-order valence-electron chi connectivity index (χ4n) is 0.953. The number of amides is 1. The van der Waals surface area contributed by atoms with Crippen LogP contribution in [0.25, 0.3) is 0 Å². The Kier molecular flexibility index (Phi) is 5.78. The van der Waals surface area contributed by atoms with Gasteiger partial charge < -0.3 is 10.4 Å². The lowest BCUT2D eigenvalue weighted by atomic mass is 9.98. The van der Waals surface area contributed by atoms with Crippen molar-refractivity contribution >= 4 is 11.9 Å². The molecule has 0 aromatic heterocycles. The van der Waals surface area contributed by atoms with Crippen molar-refractivity contribution in [3.05, 3.63) is 11.1 Å². The molecule has 0 spiro atoms. The average Bonchev–Trinajstić information content (AvgIpc) is 2.22. The highest BCUT2D eigenvalue weighted by atomic mass is 16.4. The van der Waals surface area contributed by atoms with Gasteiger partial charge in [-0.25, -0.2) is 4.79 Å². The van der Waals surface area contributed by atoms with E-state index in [2.05, 4.69) is 19.2 Å². The first-order chi connectivity index (χ1) is 7.27. The molecule has 0 rings (SSSR count). The Labute approximate surface area is 96.7 Å². The van der Waals surface area contributed by atoms with Gasteiger partial charge in [0.05, 0.1) is 0 Å². The molecule has 1 amide bonds. The Morgan fingerprint density at radius 3 is 2.00 bits per heavy atom. The van der Waals surface area contributed by atoms with Crippen molar-refractivity contribution in [2.24, 2.45) is 11.8 Å². The van der Waals surface area contributed by atoms with E-state index in [9.17, 15) is 9.59 Å². The molecule has 0 aromatic rings. The fraction of sp³-hybridized carbons (Fsp3) is 0.667. The van der Waals surface area contributed by atoms with Crippen LogP contribution in [0.4, 0.5) is 0 Å². The van der Waals surface area contributed by atoms with Crippen LogP contribution in [0.2, 0.25) is 0 Å². The standard InChI is InChI=1S/C12H21NO3/c1-7(2)8(3)6-13-11(14)9(4)10(5)12(15)16/h7-8H,6H2,1-5H3,(H,13,14)(H,15,16). The van der Waals surface area contributed by atoms with Crippen LogP contribution >= 0.6 is 0 Å². The number of carboxylic acids is 1. The van der Waals surface area contributed by atoms with E-state index in [1.54, 1.807) is 0 Å². The summed E-state index contributed by atoms with van der Waals surface area (Å²) in [6.45, 7) is 9.75. The first kappa shape index (κ1) is 14.7. The Morgan fingerprint density at radius 1 is 1.12 bits per heavy atom. The maximum Gasteiger partial charge on any atom is 0.331 e. The molecule has 4 heteroatoms. The highest BCUT2D eigenvalue weighted by Gasteiger charge is 2.14. The molecule has 0 saturated heterocycles. The average molecular weight is 227 g/mol. The van der Waals surface area contributed by atoms with Gasteiger partial charge in [-0.1, -0.05) is 20.8 Å². The van der Waals surface area contributed by atoms with Gasteiger partial charge in [0, 0.05) is 17.7 Å². The van der Waals surface area contributed by atoms with Gasteiger partial charge in [-0.3, -0.25) is 4.79 Å². The molecular weight excluding hydrogens is 206 g/mol. The summed E-state index contributed by atoms with van der Waals surface area (Å²) in [5.41, 5.74) is 0.359. The number of carbonyl (C=O) groups excluding carboxylic acids is 1. The normalized spacial score (nSPS) is 14.4. The third-order valence-electron chi connectivity index (χ3n) is 2.95. The van der Waals surface area contributed by atoms with E-state index in [1.165, 1.54) is 13.8 Å². The number of hydrogen-bond donors (Lipinski definition) is 2. The number of nitrogens with one attached hydrogen (secondary N) is 1. The number of aliphatic carboxylic acids is 1. The number of carboxylic acid groups (broad SMARTS) is 1. The van der Waals surface area contributed by atoms with E-state index in [-0.39, 0.29) is 17.1 Å². The van der Waals surface area contributed by atoms with Crippen LogP contribution in [0.15, 0.2) is 11.1 Å². The zero-order chi connectivity index (χ0) is 12.9. The van der Waals surface area contributed by atoms with E-state index in [4.69, 9.17) is 5.11 Å². The summed E-state index contributed by atoms with van der Waals surface area (Å²) in [5, 5.41) is 11.5. The lowest BCUT2D eigenvalue weighted by Crippen LogP contribution is -2.31. The van der Waals surface area contributed by atoms with Gasteiger partial charge in [-0.15, -0.1) is 0 Å². The summed E-state index contributed by atoms with van der Waals surface area (Å²) in [7, 11) is 0. The molecule has 16 heavy (non-hydrogen) atoms. The fourth-order valence-corrected chi connectivity index (χ4v) is 0.953. The second-order valence-corrected chi connectivity index (χ2v) is 4.49. The minimum absolute atomic E-state index is 0.0923. The van der Waals surface area contributed by atoms with Crippen LogP contribution in [-0.2, 0) is 9.59 Å². The van der Waals surface area contributed by atoms with Gasteiger partial charge in [-0.05, 0) is 25.7 Å². The summed E-state index contributed by atoms with van der Waals surface area (Å²) in [6.07, 6.45) is 0. The molecule has 0 aliphatic heterocycles. The van der Waals surface area contributed by atoms with Crippen LogP contribution < -0.4 is 5.32 Å². The van der Waals surface area contributed by atoms with E-state index >= 15 is 0 Å². The first-order valence-electron chi connectivity index (χ1n) is 5.46. The molecule has 4 nitrogen and oxygen atoms in total. The quantitative estimate of drug-likeness (QED) is 0.704. The van der Waals surface area contributed by atoms with Gasteiger partial charge >= 0.3 is 5.97 Å². The maximum absolute atomic E-state index is 11.6. The molecule has 0 bridgehead atoms. The van der Waals surface area contributed by atoms with Gasteiger partial charge in [-0.2, -0.15) is 0 Å². The molecule has 0 aromatic carbocycles. The second-order valence-electron chi connectivity index (χ2n) is 4.49. The van der Waals surface area contributed by atoms with Crippen molar-refractivity contribution in [2.75, 3.05) is 6.54 Å². The summed E-state index contributed by atoms with van der Waals surface area (Å²) in [6, 6.07) is 0. The van der Waals surface area contributed by atoms with Crippen molar-refractivity contribution in [2.45, 2.75) is 34.6 Å². The van der Waals surface area contributed by atoms with Gasteiger partial charge in [0.25, 0.3) is 0 Å². The topological polar surface area (TPSA) is 66.4 Å². The summed E-state index contributed by atoms with van der Waals surface area (Å²) >= 11 is 0. The SMILES string of the molecule is CC(C(=O)O)=C(C)C(=O)NCC(C)C(C)C. The molecule has 0 heterocycles. The summed E-state index contributed by atoms with van der Waals surface area (Å²) in [5.74, 6) is -0.482. The van der Waals surface area contributed by atoms with Crippen molar-refractivity contribution < 1.29 is 14.7 Å². The minimum atomic E-state index is -1.05. The number of rotatable bonds is 5. The zero-order valence-corrected chi connectivity index (χ0v) is 10.6. The minimum Gasteiger partial charge on any atom is -0.478 e. The largest absolute Gasteiger partial charge is 0.478 e. The van der Waals surface area contributed by atoms with Crippen LogP contribution in [0.1, 0.15) is 34.6 Å². The molecule has 1 unspecified atom stereocenters. The number of hydrogen-bond acceptors (Lipinski definition) is 2. The lowest BCUT2D eigenvalue weighted by Gasteiger charge is -2.16. The van der Waals surface area contributed by atoms with Gasteiger partial charge in [0.1, 0.15) is 0 Å². The zero-order valence-electron chi connectivity index (χ0n) is 10.6. The van der Waals surface area contributed by atoms with Crippen LogP contribution in [0.3, 0.4) is 0 Å². The van der Waals surface area contributed by atoms with Crippen LogP contribution in [-0.4, -0.2) is 23.5 Å². The lowest BCUT2D eigenvalue weighted by molar-refractivity contribution is -0.133. The van der Waals surface area contributed by atoms with Gasteiger partial charge in [0.2, 0.25) is 5.91 Å². The monoisotopic (exact) mass is 227 g/mol. The van der Waals surface area contributed by atoms with Crippen molar-refractivity contribution in [3.63, 3.8) is 0 Å².